The number of nitrogens with one attached hydrogen (secondary N) is 3. The summed E-state index contributed by atoms with van der Waals surface area (Å²) < 4.78 is 13.8. The summed E-state index contributed by atoms with van der Waals surface area (Å²) in [6.45, 7) is 0. The molecule has 3 aromatic rings. The number of urea groups is 1. The van der Waals surface area contributed by atoms with Gasteiger partial charge in [-0.15, -0.1) is 0 Å². The highest BCUT2D eigenvalue weighted by atomic mass is 19.1. The Morgan fingerprint density at radius 3 is 2.38 bits per heavy atom. The molecule has 0 saturated heterocycles. The number of anilines is 2. The maximum Gasteiger partial charge on any atom is 0.320 e. The second-order valence-corrected chi connectivity index (χ2v) is 6.54. The first kappa shape index (κ1) is 18.4. The summed E-state index contributed by atoms with van der Waals surface area (Å²) >= 11 is 0. The Labute approximate surface area is 167 Å². The Morgan fingerprint density at radius 1 is 0.897 bits per heavy atom. The molecule has 3 N–H and O–H groups in total. The molecule has 0 aliphatic carbocycles. The Kier molecular flexibility index (Phi) is 5.07. The Bertz CT molecular complexity index is 1100. The van der Waals surface area contributed by atoms with E-state index in [4.69, 9.17) is 0 Å². The first-order valence-corrected chi connectivity index (χ1v) is 9.11. The SMILES string of the molecule is O=C(Nc1ccccc1F)N[C@H]1C=C(c2ccccc2)c2ccccc2NC1=O. The van der Waals surface area contributed by atoms with Crippen LogP contribution >= 0.6 is 0 Å². The fourth-order valence-corrected chi connectivity index (χ4v) is 3.21. The predicted molar refractivity (Wildman–Crippen MR) is 111 cm³/mol. The lowest BCUT2D eigenvalue weighted by Gasteiger charge is -2.15. The van der Waals surface area contributed by atoms with Gasteiger partial charge in [0.1, 0.15) is 11.9 Å². The molecule has 6 heteroatoms. The van der Waals surface area contributed by atoms with Crippen molar-refractivity contribution in [2.45, 2.75) is 6.04 Å². The van der Waals surface area contributed by atoms with Gasteiger partial charge in [-0.25, -0.2) is 9.18 Å². The van der Waals surface area contributed by atoms with Crippen molar-refractivity contribution >= 4 is 28.9 Å². The van der Waals surface area contributed by atoms with E-state index in [2.05, 4.69) is 16.0 Å². The van der Waals surface area contributed by atoms with Gasteiger partial charge in [0.2, 0.25) is 0 Å². The second kappa shape index (κ2) is 7.98. The van der Waals surface area contributed by atoms with Crippen molar-refractivity contribution in [2.24, 2.45) is 0 Å². The van der Waals surface area contributed by atoms with Crippen LogP contribution in [-0.4, -0.2) is 18.0 Å². The summed E-state index contributed by atoms with van der Waals surface area (Å²) in [4.78, 5) is 25.1. The van der Waals surface area contributed by atoms with Crippen molar-refractivity contribution in [3.05, 3.63) is 102 Å². The lowest BCUT2D eigenvalue weighted by atomic mass is 9.96. The third-order valence-electron chi connectivity index (χ3n) is 4.58. The van der Waals surface area contributed by atoms with Gasteiger partial charge in [-0.1, -0.05) is 60.7 Å². The summed E-state index contributed by atoms with van der Waals surface area (Å²) in [5.41, 5.74) is 3.28. The highest BCUT2D eigenvalue weighted by Crippen LogP contribution is 2.32. The molecule has 0 unspecified atom stereocenters. The molecule has 1 aliphatic rings. The van der Waals surface area contributed by atoms with E-state index in [0.29, 0.717) is 5.69 Å². The average Bonchev–Trinajstić information content (AvgIpc) is 2.87. The maximum atomic E-state index is 13.8. The van der Waals surface area contributed by atoms with E-state index in [0.717, 1.165) is 16.7 Å². The summed E-state index contributed by atoms with van der Waals surface area (Å²) in [5, 5.41) is 7.90. The van der Waals surface area contributed by atoms with Crippen molar-refractivity contribution in [1.82, 2.24) is 5.32 Å². The third-order valence-corrected chi connectivity index (χ3v) is 4.58. The van der Waals surface area contributed by atoms with Crippen LogP contribution in [0, 0.1) is 5.82 Å². The van der Waals surface area contributed by atoms with Crippen LogP contribution in [-0.2, 0) is 4.79 Å². The molecule has 3 aromatic carbocycles. The minimum Gasteiger partial charge on any atom is -0.323 e. The van der Waals surface area contributed by atoms with E-state index in [1.807, 2.05) is 54.6 Å². The molecule has 29 heavy (non-hydrogen) atoms. The first-order valence-electron chi connectivity index (χ1n) is 9.11. The number of amides is 3. The second-order valence-electron chi connectivity index (χ2n) is 6.54. The molecule has 1 aliphatic heterocycles. The fourth-order valence-electron chi connectivity index (χ4n) is 3.21. The molecule has 144 valence electrons. The van der Waals surface area contributed by atoms with Crippen LogP contribution in [0.15, 0.2) is 84.9 Å². The Balaban J connectivity index is 1.66. The fraction of sp³-hybridized carbons (Fsp3) is 0.0435. The lowest BCUT2D eigenvalue weighted by Crippen LogP contribution is -2.44. The predicted octanol–water partition coefficient (Wildman–Crippen LogP) is 4.40. The van der Waals surface area contributed by atoms with Crippen LogP contribution in [0.1, 0.15) is 11.1 Å². The minimum absolute atomic E-state index is 0.0366. The third kappa shape index (κ3) is 4.01. The van der Waals surface area contributed by atoms with Crippen molar-refractivity contribution in [3.63, 3.8) is 0 Å². The quantitative estimate of drug-likeness (QED) is 0.623. The molecule has 0 saturated carbocycles. The van der Waals surface area contributed by atoms with E-state index in [1.54, 1.807) is 12.1 Å². The highest BCUT2D eigenvalue weighted by Gasteiger charge is 2.25. The Hall–Kier alpha value is -3.93. The van der Waals surface area contributed by atoms with Gasteiger partial charge in [-0.2, -0.15) is 0 Å². The van der Waals surface area contributed by atoms with Gasteiger partial charge < -0.3 is 16.0 Å². The number of fused-ring (bicyclic) bond motifs is 1. The zero-order chi connectivity index (χ0) is 20.2. The van der Waals surface area contributed by atoms with E-state index < -0.39 is 17.9 Å². The lowest BCUT2D eigenvalue weighted by molar-refractivity contribution is -0.116. The molecule has 3 amide bonds. The number of halogens is 1. The van der Waals surface area contributed by atoms with Crippen molar-refractivity contribution < 1.29 is 14.0 Å². The van der Waals surface area contributed by atoms with Crippen molar-refractivity contribution in [2.75, 3.05) is 10.6 Å². The molecule has 1 heterocycles. The molecule has 0 radical (unpaired) electrons. The highest BCUT2D eigenvalue weighted by molar-refractivity contribution is 6.06. The molecular weight excluding hydrogens is 369 g/mol. The molecule has 0 fully saturated rings. The monoisotopic (exact) mass is 387 g/mol. The topological polar surface area (TPSA) is 70.2 Å². The van der Waals surface area contributed by atoms with Gasteiger partial charge in [0.15, 0.2) is 0 Å². The number of hydrogen-bond donors (Lipinski definition) is 3. The zero-order valence-corrected chi connectivity index (χ0v) is 15.4. The van der Waals surface area contributed by atoms with Crippen molar-refractivity contribution in [1.29, 1.82) is 0 Å². The van der Waals surface area contributed by atoms with Gasteiger partial charge in [0, 0.05) is 11.3 Å². The van der Waals surface area contributed by atoms with E-state index in [9.17, 15) is 14.0 Å². The summed E-state index contributed by atoms with van der Waals surface area (Å²) in [5.74, 6) is -0.937. The summed E-state index contributed by atoms with van der Waals surface area (Å²) in [6, 6.07) is 21.3. The number of carbonyl (C=O) groups excluding carboxylic acids is 2. The van der Waals surface area contributed by atoms with Gasteiger partial charge in [-0.05, 0) is 35.4 Å². The molecule has 0 spiro atoms. The minimum atomic E-state index is -0.940. The van der Waals surface area contributed by atoms with Gasteiger partial charge in [0.25, 0.3) is 5.91 Å². The zero-order valence-electron chi connectivity index (χ0n) is 15.4. The van der Waals surface area contributed by atoms with E-state index in [1.165, 1.54) is 18.2 Å². The number of benzene rings is 3. The largest absolute Gasteiger partial charge is 0.323 e. The van der Waals surface area contributed by atoms with Gasteiger partial charge in [0.05, 0.1) is 5.69 Å². The molecule has 4 rings (SSSR count). The van der Waals surface area contributed by atoms with Crippen LogP contribution in [0.4, 0.5) is 20.6 Å². The summed E-state index contributed by atoms with van der Waals surface area (Å²) in [7, 11) is 0. The van der Waals surface area contributed by atoms with Crippen LogP contribution in [0.2, 0.25) is 0 Å². The molecule has 5 nitrogen and oxygen atoms in total. The molecular formula is C23H18FN3O2. The number of carbonyl (C=O) groups is 2. The maximum absolute atomic E-state index is 13.8. The van der Waals surface area contributed by atoms with Gasteiger partial charge >= 0.3 is 6.03 Å². The average molecular weight is 387 g/mol. The molecule has 0 bridgehead atoms. The number of para-hydroxylation sites is 2. The van der Waals surface area contributed by atoms with Crippen molar-refractivity contribution in [3.8, 4) is 0 Å². The standard InChI is InChI=1S/C23H18FN3O2/c24-18-11-5-7-13-20(18)26-23(29)27-21-14-17(15-8-2-1-3-9-15)16-10-4-6-12-19(16)25-22(21)28/h1-14,21H,(H,25,28)(H2,26,27,29)/t21-/m0/s1. The van der Waals surface area contributed by atoms with Gasteiger partial charge in [-0.3, -0.25) is 4.79 Å². The van der Waals surface area contributed by atoms with Crippen LogP contribution in [0.25, 0.3) is 5.57 Å². The smallest absolute Gasteiger partial charge is 0.320 e. The van der Waals surface area contributed by atoms with E-state index in [-0.39, 0.29) is 11.6 Å². The first-order chi connectivity index (χ1) is 14.1. The summed E-state index contributed by atoms with van der Waals surface area (Å²) in [6.07, 6.45) is 1.71. The Morgan fingerprint density at radius 2 is 1.59 bits per heavy atom. The normalized spacial score (nSPS) is 15.4. The van der Waals surface area contributed by atoms with Crippen LogP contribution in [0.5, 0.6) is 0 Å². The molecule has 0 aromatic heterocycles. The number of hydrogen-bond acceptors (Lipinski definition) is 2. The van der Waals surface area contributed by atoms with Crippen LogP contribution in [0.3, 0.4) is 0 Å². The van der Waals surface area contributed by atoms with E-state index >= 15 is 0 Å². The number of rotatable bonds is 3. The van der Waals surface area contributed by atoms with Crippen LogP contribution < -0.4 is 16.0 Å². The molecule has 1 atom stereocenters.